The minimum Gasteiger partial charge on any atom is -0.481 e. The van der Waals surface area contributed by atoms with Crippen LogP contribution in [-0.4, -0.2) is 93.4 Å². The first-order valence-electron chi connectivity index (χ1n) is 10.3. The number of aliphatic imine (C=N–C) groups is 1. The molecule has 4 atom stereocenters. The van der Waals surface area contributed by atoms with Crippen LogP contribution in [0.15, 0.2) is 4.99 Å². The number of amides is 3. The zero-order chi connectivity index (χ0) is 27.1. The molecule has 0 aliphatic rings. The summed E-state index contributed by atoms with van der Waals surface area (Å²) < 4.78 is 0. The van der Waals surface area contributed by atoms with E-state index in [-0.39, 0.29) is 37.5 Å². The molecule has 0 saturated carbocycles. The number of guanidine groups is 1. The first-order chi connectivity index (χ1) is 16.3. The third kappa shape index (κ3) is 13.6. The summed E-state index contributed by atoms with van der Waals surface area (Å²) in [5.41, 5.74) is 16.1. The number of carboxylic acid groups (broad SMARTS) is 3. The molecule has 0 spiro atoms. The van der Waals surface area contributed by atoms with E-state index in [1.165, 1.54) is 0 Å². The minimum absolute atomic E-state index is 0.0597. The van der Waals surface area contributed by atoms with Crippen LogP contribution >= 0.6 is 12.6 Å². The molecule has 0 saturated heterocycles. The maximum Gasteiger partial charge on any atom is 0.327 e. The number of carbonyl (C=O) groups excluding carboxylic acids is 3. The Hall–Kier alpha value is -3.60. The van der Waals surface area contributed by atoms with Crippen LogP contribution in [-0.2, 0) is 28.8 Å². The molecule has 0 aromatic rings. The summed E-state index contributed by atoms with van der Waals surface area (Å²) in [7, 11) is 0. The van der Waals surface area contributed by atoms with Crippen LogP contribution in [0.2, 0.25) is 0 Å². The molecular formula is C18H31N7O9S. The lowest BCUT2D eigenvalue weighted by Gasteiger charge is -2.24. The molecule has 17 heteroatoms. The van der Waals surface area contributed by atoms with Crippen molar-refractivity contribution in [3.8, 4) is 0 Å². The lowest BCUT2D eigenvalue weighted by molar-refractivity contribution is -0.143. The fourth-order valence-corrected chi connectivity index (χ4v) is 2.82. The van der Waals surface area contributed by atoms with E-state index in [9.17, 15) is 28.8 Å². The van der Waals surface area contributed by atoms with Crippen molar-refractivity contribution in [2.24, 2.45) is 22.2 Å². The molecule has 16 nitrogen and oxygen atoms in total. The van der Waals surface area contributed by atoms with E-state index in [1.807, 2.05) is 0 Å². The van der Waals surface area contributed by atoms with Crippen molar-refractivity contribution < 1.29 is 44.1 Å². The zero-order valence-electron chi connectivity index (χ0n) is 18.7. The Kier molecular flexibility index (Phi) is 14.4. The molecule has 0 rings (SSSR count). The largest absolute Gasteiger partial charge is 0.481 e. The van der Waals surface area contributed by atoms with Gasteiger partial charge in [-0.3, -0.25) is 29.0 Å². The van der Waals surface area contributed by atoms with E-state index in [4.69, 9.17) is 32.5 Å². The van der Waals surface area contributed by atoms with Crippen molar-refractivity contribution >= 4 is 54.2 Å². The van der Waals surface area contributed by atoms with Gasteiger partial charge in [-0.05, 0) is 19.3 Å². The Morgan fingerprint density at radius 1 is 0.800 bits per heavy atom. The van der Waals surface area contributed by atoms with Crippen molar-refractivity contribution in [3.05, 3.63) is 0 Å². The number of nitrogens with zero attached hydrogens (tertiary/aromatic N) is 1. The highest BCUT2D eigenvalue weighted by molar-refractivity contribution is 7.80. The van der Waals surface area contributed by atoms with Gasteiger partial charge in [0.2, 0.25) is 17.7 Å². The van der Waals surface area contributed by atoms with Crippen molar-refractivity contribution in [3.63, 3.8) is 0 Å². The molecule has 0 aliphatic heterocycles. The predicted molar refractivity (Wildman–Crippen MR) is 124 cm³/mol. The maximum atomic E-state index is 12.8. The number of nitrogens with one attached hydrogen (secondary N) is 3. The van der Waals surface area contributed by atoms with Crippen LogP contribution in [0.3, 0.4) is 0 Å². The molecule has 0 radical (unpaired) electrons. The Morgan fingerprint density at radius 3 is 1.83 bits per heavy atom. The lowest BCUT2D eigenvalue weighted by atomic mass is 10.1. The first-order valence-corrected chi connectivity index (χ1v) is 10.9. The van der Waals surface area contributed by atoms with Gasteiger partial charge >= 0.3 is 17.9 Å². The van der Waals surface area contributed by atoms with Crippen LogP contribution in [0.1, 0.15) is 32.1 Å². The number of thiol groups is 1. The van der Waals surface area contributed by atoms with Gasteiger partial charge in [0, 0.05) is 18.7 Å². The molecule has 198 valence electrons. The highest BCUT2D eigenvalue weighted by Crippen LogP contribution is 2.04. The molecule has 0 aromatic carbocycles. The molecule has 0 fully saturated rings. The third-order valence-electron chi connectivity index (χ3n) is 4.39. The van der Waals surface area contributed by atoms with Gasteiger partial charge in [-0.1, -0.05) is 0 Å². The quantitative estimate of drug-likeness (QED) is 0.0381. The summed E-state index contributed by atoms with van der Waals surface area (Å²) >= 11 is 3.80. The van der Waals surface area contributed by atoms with E-state index < -0.39 is 72.6 Å². The average molecular weight is 522 g/mol. The number of aliphatic carboxylic acids is 3. The molecular weight excluding hydrogens is 490 g/mol. The Balaban J connectivity index is 5.54. The van der Waals surface area contributed by atoms with Gasteiger partial charge in [0.05, 0.1) is 12.5 Å². The number of hydrogen-bond acceptors (Lipinski definition) is 9. The van der Waals surface area contributed by atoms with E-state index in [2.05, 4.69) is 33.6 Å². The Labute approximate surface area is 205 Å². The van der Waals surface area contributed by atoms with Gasteiger partial charge in [0.1, 0.15) is 18.1 Å². The van der Waals surface area contributed by atoms with E-state index in [1.54, 1.807) is 0 Å². The fraction of sp³-hybridized carbons (Fsp3) is 0.611. The van der Waals surface area contributed by atoms with E-state index in [0.29, 0.717) is 0 Å². The second kappa shape index (κ2) is 16.1. The number of hydrogen-bond donors (Lipinski definition) is 10. The van der Waals surface area contributed by atoms with Crippen LogP contribution in [0, 0.1) is 0 Å². The number of carbonyl (C=O) groups is 6. The maximum absolute atomic E-state index is 12.8. The molecule has 12 N–H and O–H groups in total. The third-order valence-corrected chi connectivity index (χ3v) is 4.76. The van der Waals surface area contributed by atoms with Gasteiger partial charge in [0.25, 0.3) is 0 Å². The molecule has 0 heterocycles. The second-order valence-corrected chi connectivity index (χ2v) is 7.66. The van der Waals surface area contributed by atoms with Crippen molar-refractivity contribution in [1.29, 1.82) is 0 Å². The normalized spacial score (nSPS) is 13.9. The number of nitrogens with two attached hydrogens (primary N) is 3. The molecule has 3 amide bonds. The van der Waals surface area contributed by atoms with Gasteiger partial charge in [-0.15, -0.1) is 0 Å². The molecule has 35 heavy (non-hydrogen) atoms. The summed E-state index contributed by atoms with van der Waals surface area (Å²) in [6.45, 7) is 0.0777. The van der Waals surface area contributed by atoms with Gasteiger partial charge in [0.15, 0.2) is 5.96 Å². The van der Waals surface area contributed by atoms with Gasteiger partial charge < -0.3 is 48.5 Å². The molecule has 4 unspecified atom stereocenters. The number of rotatable bonds is 17. The smallest absolute Gasteiger partial charge is 0.327 e. The molecule has 0 aliphatic carbocycles. The SMILES string of the molecule is NC(N)=NCCCC(NC(=O)C(N)CCC(=O)O)C(=O)NC(CC(=O)O)C(=O)NC(CS)C(=O)O. The van der Waals surface area contributed by atoms with Crippen molar-refractivity contribution in [2.75, 3.05) is 12.3 Å². The van der Waals surface area contributed by atoms with Gasteiger partial charge in [-0.25, -0.2) is 4.79 Å². The lowest BCUT2D eigenvalue weighted by Crippen LogP contribution is -2.57. The topological polar surface area (TPSA) is 290 Å². The average Bonchev–Trinajstić information content (AvgIpc) is 2.75. The summed E-state index contributed by atoms with van der Waals surface area (Å²) in [5, 5.41) is 33.5. The van der Waals surface area contributed by atoms with Crippen LogP contribution in [0.4, 0.5) is 0 Å². The minimum atomic E-state index is -1.68. The highest BCUT2D eigenvalue weighted by Gasteiger charge is 2.31. The molecule has 0 bridgehead atoms. The zero-order valence-corrected chi connectivity index (χ0v) is 19.6. The first kappa shape index (κ1) is 31.4. The summed E-state index contributed by atoms with van der Waals surface area (Å²) in [4.78, 5) is 74.3. The Bertz CT molecular complexity index is 820. The van der Waals surface area contributed by atoms with Crippen LogP contribution < -0.4 is 33.2 Å². The molecule has 0 aromatic heterocycles. The highest BCUT2D eigenvalue weighted by atomic mass is 32.1. The van der Waals surface area contributed by atoms with E-state index >= 15 is 0 Å². The summed E-state index contributed by atoms with van der Waals surface area (Å²) in [6.07, 6.45) is -1.38. The summed E-state index contributed by atoms with van der Waals surface area (Å²) in [6, 6.07) is -5.71. The summed E-state index contributed by atoms with van der Waals surface area (Å²) in [5.74, 6) is -7.48. The van der Waals surface area contributed by atoms with E-state index in [0.717, 1.165) is 0 Å². The van der Waals surface area contributed by atoms with Crippen LogP contribution in [0.25, 0.3) is 0 Å². The predicted octanol–water partition coefficient (Wildman–Crippen LogP) is -3.82. The van der Waals surface area contributed by atoms with Gasteiger partial charge in [-0.2, -0.15) is 12.6 Å². The standard InChI is InChI=1S/C18H31N7O9S/c19-8(3-4-12(26)27)14(30)23-9(2-1-5-22-18(20)21)15(31)24-10(6-13(28)29)16(32)25-11(7-35)17(33)34/h8-11,35H,1-7,19H2,(H,23,30)(H,24,31)(H,25,32)(H,26,27)(H,28,29)(H,33,34)(H4,20,21,22). The fourth-order valence-electron chi connectivity index (χ4n) is 2.58. The second-order valence-electron chi connectivity index (χ2n) is 7.29. The Morgan fingerprint density at radius 2 is 1.34 bits per heavy atom. The monoisotopic (exact) mass is 521 g/mol. The van der Waals surface area contributed by atoms with Crippen LogP contribution in [0.5, 0.6) is 0 Å². The number of carboxylic acids is 3. The van der Waals surface area contributed by atoms with Crippen molar-refractivity contribution in [2.45, 2.75) is 56.3 Å². The van der Waals surface area contributed by atoms with Crippen molar-refractivity contribution in [1.82, 2.24) is 16.0 Å².